The van der Waals surface area contributed by atoms with Gasteiger partial charge in [-0.25, -0.2) is 4.39 Å². The smallest absolute Gasteiger partial charge is 0.165 e. The van der Waals surface area contributed by atoms with E-state index in [1.807, 2.05) is 6.26 Å². The fraction of sp³-hybridized carbons (Fsp3) is 0.300. The van der Waals surface area contributed by atoms with Crippen LogP contribution in [0.1, 0.15) is 5.56 Å². The van der Waals surface area contributed by atoms with Crippen molar-refractivity contribution in [2.75, 3.05) is 20.4 Å². The van der Waals surface area contributed by atoms with E-state index in [1.165, 1.54) is 24.9 Å². The van der Waals surface area contributed by atoms with E-state index < -0.39 is 0 Å². The van der Waals surface area contributed by atoms with Gasteiger partial charge in [-0.2, -0.15) is 0 Å². The summed E-state index contributed by atoms with van der Waals surface area (Å²) in [5, 5.41) is 0.812. The van der Waals surface area contributed by atoms with Crippen molar-refractivity contribution in [1.29, 1.82) is 0 Å². The second-order valence-corrected chi connectivity index (χ2v) is 3.38. The zero-order valence-corrected chi connectivity index (χ0v) is 9.19. The van der Waals surface area contributed by atoms with Crippen molar-refractivity contribution in [1.82, 2.24) is 0 Å². The number of nitrogens with zero attached hydrogens (tertiary/aromatic N) is 1. The minimum Gasteiger partial charge on any atom is -0.494 e. The van der Waals surface area contributed by atoms with Crippen LogP contribution in [0.3, 0.4) is 0 Å². The maximum absolute atomic E-state index is 13.3. The molecule has 0 aromatic heterocycles. The number of thioether (sulfide) groups is 1. The van der Waals surface area contributed by atoms with Crippen LogP contribution in [-0.4, -0.2) is 25.5 Å². The number of hydrogen-bond acceptors (Lipinski definition) is 3. The minimum atomic E-state index is -0.361. The second-order valence-electron chi connectivity index (χ2n) is 2.58. The Bertz CT molecular complexity index is 352. The van der Waals surface area contributed by atoms with Crippen LogP contribution < -0.4 is 4.74 Å². The molecule has 0 spiro atoms. The summed E-state index contributed by atoms with van der Waals surface area (Å²) in [6.45, 7) is 0. The summed E-state index contributed by atoms with van der Waals surface area (Å²) in [4.78, 5) is 4.05. The number of hydrogen-bond donors (Lipinski definition) is 0. The molecule has 0 saturated carbocycles. The van der Waals surface area contributed by atoms with Gasteiger partial charge in [0.15, 0.2) is 11.6 Å². The van der Waals surface area contributed by atoms with Crippen molar-refractivity contribution < 1.29 is 9.13 Å². The van der Waals surface area contributed by atoms with Crippen LogP contribution in [0.5, 0.6) is 5.75 Å². The highest BCUT2D eigenvalue weighted by Crippen LogP contribution is 2.20. The van der Waals surface area contributed by atoms with Crippen molar-refractivity contribution in [3.05, 3.63) is 29.6 Å². The highest BCUT2D eigenvalue weighted by molar-refractivity contribution is 8.13. The molecule has 1 aromatic rings. The van der Waals surface area contributed by atoms with Gasteiger partial charge in [0.1, 0.15) is 0 Å². The predicted molar refractivity (Wildman–Crippen MR) is 58.9 cm³/mol. The molecule has 76 valence electrons. The first-order chi connectivity index (χ1) is 6.72. The van der Waals surface area contributed by atoms with E-state index in [2.05, 4.69) is 4.99 Å². The summed E-state index contributed by atoms with van der Waals surface area (Å²) < 4.78 is 18.1. The molecule has 0 fully saturated rings. The Morgan fingerprint density at radius 3 is 2.64 bits per heavy atom. The molecule has 0 aliphatic rings. The van der Waals surface area contributed by atoms with E-state index in [0.717, 1.165) is 10.6 Å². The van der Waals surface area contributed by atoms with Gasteiger partial charge in [-0.15, -0.1) is 11.8 Å². The van der Waals surface area contributed by atoms with Crippen LogP contribution in [0.4, 0.5) is 4.39 Å². The fourth-order valence-electron chi connectivity index (χ4n) is 1.14. The molecule has 0 aliphatic heterocycles. The van der Waals surface area contributed by atoms with Crippen LogP contribution in [-0.2, 0) is 0 Å². The number of benzene rings is 1. The first-order valence-electron chi connectivity index (χ1n) is 4.07. The van der Waals surface area contributed by atoms with Gasteiger partial charge in [0.25, 0.3) is 0 Å². The topological polar surface area (TPSA) is 21.6 Å². The van der Waals surface area contributed by atoms with E-state index in [9.17, 15) is 4.39 Å². The summed E-state index contributed by atoms with van der Waals surface area (Å²) in [5.74, 6) is -0.106. The zero-order chi connectivity index (χ0) is 10.6. The van der Waals surface area contributed by atoms with Crippen LogP contribution in [0.25, 0.3) is 0 Å². The maximum Gasteiger partial charge on any atom is 0.165 e. The third-order valence-electron chi connectivity index (χ3n) is 1.80. The second kappa shape index (κ2) is 5.00. The highest BCUT2D eigenvalue weighted by atomic mass is 32.2. The van der Waals surface area contributed by atoms with Gasteiger partial charge in [-0.3, -0.25) is 4.99 Å². The molecule has 0 bridgehead atoms. The van der Waals surface area contributed by atoms with Crippen molar-refractivity contribution >= 4 is 16.8 Å². The number of ether oxygens (including phenoxy) is 1. The summed E-state index contributed by atoms with van der Waals surface area (Å²) in [6, 6.07) is 4.82. The van der Waals surface area contributed by atoms with E-state index in [0.29, 0.717) is 0 Å². The Morgan fingerprint density at radius 1 is 1.50 bits per heavy atom. The number of aliphatic imine (C=N–C) groups is 1. The van der Waals surface area contributed by atoms with Gasteiger partial charge in [0, 0.05) is 12.6 Å². The van der Waals surface area contributed by atoms with Gasteiger partial charge in [-0.05, 0) is 24.5 Å². The molecule has 0 atom stereocenters. The third-order valence-corrected chi connectivity index (χ3v) is 2.60. The normalized spacial score (nSPS) is 11.6. The zero-order valence-electron chi connectivity index (χ0n) is 8.37. The lowest BCUT2D eigenvalue weighted by Crippen LogP contribution is -1.97. The Labute approximate surface area is 87.2 Å². The minimum absolute atomic E-state index is 0.255. The third kappa shape index (κ3) is 2.26. The Kier molecular flexibility index (Phi) is 3.95. The van der Waals surface area contributed by atoms with Crippen molar-refractivity contribution in [2.24, 2.45) is 4.99 Å². The standard InChI is InChI=1S/C10H12FNOS/c1-12-10(14-3)7-4-5-9(13-2)8(11)6-7/h4-6H,1-3H3. The van der Waals surface area contributed by atoms with Crippen molar-refractivity contribution in [3.8, 4) is 5.75 Å². The number of halogens is 1. The van der Waals surface area contributed by atoms with Crippen molar-refractivity contribution in [3.63, 3.8) is 0 Å². The molecule has 0 amide bonds. The first kappa shape index (κ1) is 11.0. The Morgan fingerprint density at radius 2 is 2.21 bits per heavy atom. The Balaban J connectivity index is 3.08. The summed E-state index contributed by atoms with van der Waals surface area (Å²) >= 11 is 1.49. The largest absolute Gasteiger partial charge is 0.494 e. The highest BCUT2D eigenvalue weighted by Gasteiger charge is 2.06. The van der Waals surface area contributed by atoms with Gasteiger partial charge in [0.2, 0.25) is 0 Å². The molecule has 0 saturated heterocycles. The average Bonchev–Trinajstić information content (AvgIpc) is 2.20. The SMILES string of the molecule is CN=C(SC)c1ccc(OC)c(F)c1. The molecule has 14 heavy (non-hydrogen) atoms. The quantitative estimate of drug-likeness (QED) is 0.556. The molecule has 0 aliphatic carbocycles. The Hall–Kier alpha value is -1.03. The molecule has 0 radical (unpaired) electrons. The molecule has 0 unspecified atom stereocenters. The molecule has 0 N–H and O–H groups in total. The lowest BCUT2D eigenvalue weighted by atomic mass is 10.2. The molecule has 1 aromatic carbocycles. The van der Waals surface area contributed by atoms with E-state index in [-0.39, 0.29) is 11.6 Å². The lowest BCUT2D eigenvalue weighted by Gasteiger charge is -2.05. The van der Waals surface area contributed by atoms with Crippen LogP contribution in [0.2, 0.25) is 0 Å². The van der Waals surface area contributed by atoms with Crippen LogP contribution in [0.15, 0.2) is 23.2 Å². The molecule has 0 heterocycles. The summed E-state index contributed by atoms with van der Waals surface area (Å²) in [6.07, 6.45) is 1.91. The average molecular weight is 213 g/mol. The molecular formula is C10H12FNOS. The number of methoxy groups -OCH3 is 1. The molecule has 1 rings (SSSR count). The predicted octanol–water partition coefficient (Wildman–Crippen LogP) is 2.57. The van der Waals surface area contributed by atoms with Crippen molar-refractivity contribution in [2.45, 2.75) is 0 Å². The summed E-state index contributed by atoms with van der Waals surface area (Å²) in [7, 11) is 3.13. The van der Waals surface area contributed by atoms with E-state index in [1.54, 1.807) is 19.2 Å². The molecule has 2 nitrogen and oxygen atoms in total. The van der Waals surface area contributed by atoms with E-state index >= 15 is 0 Å². The molecular weight excluding hydrogens is 201 g/mol. The first-order valence-corrected chi connectivity index (χ1v) is 5.30. The van der Waals surface area contributed by atoms with Gasteiger partial charge in [-0.1, -0.05) is 0 Å². The fourth-order valence-corrected chi connectivity index (χ4v) is 1.68. The van der Waals surface area contributed by atoms with Gasteiger partial charge in [0.05, 0.1) is 12.2 Å². The summed E-state index contributed by atoms with van der Waals surface area (Å²) in [5.41, 5.74) is 0.776. The van der Waals surface area contributed by atoms with Gasteiger partial charge >= 0.3 is 0 Å². The maximum atomic E-state index is 13.3. The number of rotatable bonds is 2. The monoisotopic (exact) mass is 213 g/mol. The molecule has 4 heteroatoms. The van der Waals surface area contributed by atoms with E-state index in [4.69, 9.17) is 4.74 Å². The van der Waals surface area contributed by atoms with Crippen LogP contribution >= 0.6 is 11.8 Å². The lowest BCUT2D eigenvalue weighted by molar-refractivity contribution is 0.386. The van der Waals surface area contributed by atoms with Crippen LogP contribution in [0, 0.1) is 5.82 Å². The van der Waals surface area contributed by atoms with Gasteiger partial charge < -0.3 is 4.74 Å².